The SMILES string of the molecule is CCOCC(C)OCc1cccc(CNC)c1. The van der Waals surface area contributed by atoms with Gasteiger partial charge in [-0.2, -0.15) is 0 Å². The molecular weight excluding hydrogens is 214 g/mol. The Kier molecular flexibility index (Phi) is 6.86. The normalized spacial score (nSPS) is 12.6. The summed E-state index contributed by atoms with van der Waals surface area (Å²) in [7, 11) is 1.95. The lowest BCUT2D eigenvalue weighted by Gasteiger charge is -2.13. The summed E-state index contributed by atoms with van der Waals surface area (Å²) >= 11 is 0. The Bertz CT molecular complexity index is 315. The van der Waals surface area contributed by atoms with Gasteiger partial charge in [0.15, 0.2) is 0 Å². The van der Waals surface area contributed by atoms with Crippen LogP contribution in [-0.4, -0.2) is 26.4 Å². The van der Waals surface area contributed by atoms with Gasteiger partial charge in [0.05, 0.1) is 19.3 Å². The van der Waals surface area contributed by atoms with E-state index < -0.39 is 0 Å². The largest absolute Gasteiger partial charge is 0.379 e. The van der Waals surface area contributed by atoms with E-state index in [2.05, 4.69) is 29.6 Å². The van der Waals surface area contributed by atoms with E-state index in [1.165, 1.54) is 11.1 Å². The highest BCUT2D eigenvalue weighted by atomic mass is 16.5. The Labute approximate surface area is 104 Å². The molecule has 1 rings (SSSR count). The summed E-state index contributed by atoms with van der Waals surface area (Å²) in [5.74, 6) is 0. The van der Waals surface area contributed by atoms with Crippen LogP contribution in [-0.2, 0) is 22.6 Å². The molecule has 1 aromatic carbocycles. The maximum atomic E-state index is 5.72. The first-order valence-corrected chi connectivity index (χ1v) is 6.18. The van der Waals surface area contributed by atoms with Crippen LogP contribution in [0.4, 0.5) is 0 Å². The van der Waals surface area contributed by atoms with Crippen molar-refractivity contribution in [2.75, 3.05) is 20.3 Å². The minimum Gasteiger partial charge on any atom is -0.379 e. The minimum atomic E-state index is 0.142. The molecule has 1 atom stereocenters. The summed E-state index contributed by atoms with van der Waals surface area (Å²) in [6, 6.07) is 8.44. The van der Waals surface area contributed by atoms with Gasteiger partial charge < -0.3 is 14.8 Å². The van der Waals surface area contributed by atoms with Crippen LogP contribution in [0.15, 0.2) is 24.3 Å². The van der Waals surface area contributed by atoms with Crippen LogP contribution in [0.3, 0.4) is 0 Å². The molecule has 0 fully saturated rings. The second-order valence-corrected chi connectivity index (χ2v) is 4.13. The molecule has 1 N–H and O–H groups in total. The molecule has 0 saturated carbocycles. The Hall–Kier alpha value is -0.900. The van der Waals surface area contributed by atoms with Gasteiger partial charge in [-0.1, -0.05) is 24.3 Å². The third-order valence-corrected chi connectivity index (χ3v) is 2.46. The van der Waals surface area contributed by atoms with Gasteiger partial charge in [-0.05, 0) is 32.0 Å². The Morgan fingerprint density at radius 2 is 2.06 bits per heavy atom. The van der Waals surface area contributed by atoms with Gasteiger partial charge in [0.2, 0.25) is 0 Å². The summed E-state index contributed by atoms with van der Waals surface area (Å²) in [6.45, 7) is 6.97. The number of ether oxygens (including phenoxy) is 2. The molecule has 3 heteroatoms. The van der Waals surface area contributed by atoms with Gasteiger partial charge in [-0.3, -0.25) is 0 Å². The zero-order valence-electron chi connectivity index (χ0n) is 11.0. The standard InChI is InChI=1S/C14H23NO2/c1-4-16-10-12(2)17-11-14-7-5-6-13(8-14)9-15-3/h5-8,12,15H,4,9-11H2,1-3H3. The molecule has 1 unspecified atom stereocenters. The van der Waals surface area contributed by atoms with Crippen LogP contribution in [0.25, 0.3) is 0 Å². The molecule has 96 valence electrons. The Morgan fingerprint density at radius 3 is 2.76 bits per heavy atom. The molecule has 0 heterocycles. The summed E-state index contributed by atoms with van der Waals surface area (Å²) in [4.78, 5) is 0. The average molecular weight is 237 g/mol. The van der Waals surface area contributed by atoms with E-state index in [1.54, 1.807) is 0 Å². The van der Waals surface area contributed by atoms with E-state index in [9.17, 15) is 0 Å². The molecular formula is C14H23NO2. The highest BCUT2D eigenvalue weighted by molar-refractivity contribution is 5.22. The summed E-state index contributed by atoms with van der Waals surface area (Å²) in [5, 5.41) is 3.14. The molecule has 0 aliphatic heterocycles. The van der Waals surface area contributed by atoms with Crippen LogP contribution in [0.2, 0.25) is 0 Å². The fraction of sp³-hybridized carbons (Fsp3) is 0.571. The van der Waals surface area contributed by atoms with Crippen LogP contribution in [0, 0.1) is 0 Å². The summed E-state index contributed by atoms with van der Waals surface area (Å²) in [6.07, 6.45) is 0.142. The van der Waals surface area contributed by atoms with Crippen molar-refractivity contribution in [2.24, 2.45) is 0 Å². The first-order valence-electron chi connectivity index (χ1n) is 6.18. The van der Waals surface area contributed by atoms with Crippen LogP contribution in [0.1, 0.15) is 25.0 Å². The van der Waals surface area contributed by atoms with E-state index in [0.717, 1.165) is 13.2 Å². The highest BCUT2D eigenvalue weighted by Gasteiger charge is 2.02. The van der Waals surface area contributed by atoms with Gasteiger partial charge in [0.25, 0.3) is 0 Å². The maximum absolute atomic E-state index is 5.72. The van der Waals surface area contributed by atoms with Crippen molar-refractivity contribution in [1.82, 2.24) is 5.32 Å². The summed E-state index contributed by atoms with van der Waals surface area (Å²) < 4.78 is 11.0. The van der Waals surface area contributed by atoms with Crippen molar-refractivity contribution >= 4 is 0 Å². The zero-order valence-corrected chi connectivity index (χ0v) is 11.0. The van der Waals surface area contributed by atoms with Gasteiger partial charge in [-0.15, -0.1) is 0 Å². The van der Waals surface area contributed by atoms with E-state index in [0.29, 0.717) is 13.2 Å². The second kappa shape index (κ2) is 8.23. The fourth-order valence-corrected chi connectivity index (χ4v) is 1.60. The van der Waals surface area contributed by atoms with Gasteiger partial charge >= 0.3 is 0 Å². The molecule has 0 aromatic heterocycles. The third kappa shape index (κ3) is 5.82. The van der Waals surface area contributed by atoms with Gasteiger partial charge in [0.1, 0.15) is 0 Å². The molecule has 0 spiro atoms. The quantitative estimate of drug-likeness (QED) is 0.753. The number of rotatable bonds is 8. The summed E-state index contributed by atoms with van der Waals surface area (Å²) in [5.41, 5.74) is 2.49. The van der Waals surface area contributed by atoms with Crippen molar-refractivity contribution in [3.63, 3.8) is 0 Å². The van der Waals surface area contributed by atoms with E-state index in [4.69, 9.17) is 9.47 Å². The number of hydrogen-bond acceptors (Lipinski definition) is 3. The van der Waals surface area contributed by atoms with Crippen molar-refractivity contribution in [3.05, 3.63) is 35.4 Å². The number of hydrogen-bond donors (Lipinski definition) is 1. The smallest absolute Gasteiger partial charge is 0.0785 e. The molecule has 0 aliphatic carbocycles. The predicted molar refractivity (Wildman–Crippen MR) is 69.9 cm³/mol. The zero-order chi connectivity index (χ0) is 12.5. The van der Waals surface area contributed by atoms with Crippen molar-refractivity contribution in [2.45, 2.75) is 33.1 Å². The van der Waals surface area contributed by atoms with Crippen LogP contribution < -0.4 is 5.32 Å². The Balaban J connectivity index is 2.37. The maximum Gasteiger partial charge on any atom is 0.0785 e. The predicted octanol–water partition coefficient (Wildman–Crippen LogP) is 2.35. The molecule has 0 radical (unpaired) electrons. The Morgan fingerprint density at radius 1 is 1.29 bits per heavy atom. The number of nitrogens with one attached hydrogen (secondary N) is 1. The van der Waals surface area contributed by atoms with Crippen molar-refractivity contribution < 1.29 is 9.47 Å². The molecule has 1 aromatic rings. The lowest BCUT2D eigenvalue weighted by molar-refractivity contribution is -0.0116. The molecule has 3 nitrogen and oxygen atoms in total. The van der Waals surface area contributed by atoms with Gasteiger partial charge in [-0.25, -0.2) is 0 Å². The van der Waals surface area contributed by atoms with Crippen molar-refractivity contribution in [1.29, 1.82) is 0 Å². The van der Waals surface area contributed by atoms with Gasteiger partial charge in [0, 0.05) is 13.2 Å². The molecule has 0 amide bonds. The minimum absolute atomic E-state index is 0.142. The average Bonchev–Trinajstić information content (AvgIpc) is 2.35. The molecule has 17 heavy (non-hydrogen) atoms. The van der Waals surface area contributed by atoms with E-state index in [1.807, 2.05) is 20.9 Å². The fourth-order valence-electron chi connectivity index (χ4n) is 1.60. The van der Waals surface area contributed by atoms with E-state index in [-0.39, 0.29) is 6.10 Å². The van der Waals surface area contributed by atoms with E-state index >= 15 is 0 Å². The van der Waals surface area contributed by atoms with Crippen molar-refractivity contribution in [3.8, 4) is 0 Å². The van der Waals surface area contributed by atoms with Crippen LogP contribution in [0.5, 0.6) is 0 Å². The monoisotopic (exact) mass is 237 g/mol. The molecule has 0 bridgehead atoms. The highest BCUT2D eigenvalue weighted by Crippen LogP contribution is 2.08. The lowest BCUT2D eigenvalue weighted by atomic mass is 10.1. The topological polar surface area (TPSA) is 30.5 Å². The molecule has 0 aliphatic rings. The number of benzene rings is 1. The first-order chi connectivity index (χ1) is 8.26. The molecule has 0 saturated heterocycles. The lowest BCUT2D eigenvalue weighted by Crippen LogP contribution is -2.15. The second-order valence-electron chi connectivity index (χ2n) is 4.13. The third-order valence-electron chi connectivity index (χ3n) is 2.46. The first kappa shape index (κ1) is 14.2. The van der Waals surface area contributed by atoms with Crippen LogP contribution >= 0.6 is 0 Å².